The van der Waals surface area contributed by atoms with Gasteiger partial charge in [-0.3, -0.25) is 4.79 Å². The average Bonchev–Trinajstić information content (AvgIpc) is 2.42. The van der Waals surface area contributed by atoms with Gasteiger partial charge in [0.1, 0.15) is 17.7 Å². The second-order valence-electron chi connectivity index (χ2n) is 4.84. The highest BCUT2D eigenvalue weighted by molar-refractivity contribution is 5.83. The van der Waals surface area contributed by atoms with Crippen LogP contribution in [0.5, 0.6) is 0 Å². The maximum Gasteiger partial charge on any atom is 0.326 e. The quantitative estimate of drug-likeness (QED) is 0.775. The molecule has 0 aliphatic heterocycles. The van der Waals surface area contributed by atoms with Crippen molar-refractivity contribution in [3.8, 4) is 0 Å². The van der Waals surface area contributed by atoms with Gasteiger partial charge in [-0.2, -0.15) is 0 Å². The van der Waals surface area contributed by atoms with Crippen LogP contribution >= 0.6 is 0 Å². The molecule has 1 amide bonds. The predicted octanol–water partition coefficient (Wildman–Crippen LogP) is 2.66. The number of carboxylic acid groups (broad SMARTS) is 1. The van der Waals surface area contributed by atoms with Gasteiger partial charge in [-0.25, -0.2) is 13.6 Å². The number of nitrogens with one attached hydrogen (secondary N) is 1. The number of hydrogen-bond acceptors (Lipinski definition) is 2. The van der Waals surface area contributed by atoms with Crippen LogP contribution in [0.2, 0.25) is 0 Å². The highest BCUT2D eigenvalue weighted by Gasteiger charge is 2.18. The summed E-state index contributed by atoms with van der Waals surface area (Å²) in [6.07, 6.45) is 1.63. The van der Waals surface area contributed by atoms with E-state index in [2.05, 4.69) is 5.32 Å². The van der Waals surface area contributed by atoms with Crippen molar-refractivity contribution < 1.29 is 23.5 Å². The van der Waals surface area contributed by atoms with Gasteiger partial charge in [0, 0.05) is 6.42 Å². The molecule has 0 heterocycles. The van der Waals surface area contributed by atoms with E-state index in [0.717, 1.165) is 18.2 Å². The molecule has 1 aromatic carbocycles. The first-order chi connectivity index (χ1) is 9.93. The largest absolute Gasteiger partial charge is 0.480 e. The van der Waals surface area contributed by atoms with Crippen LogP contribution < -0.4 is 5.32 Å². The Hall–Kier alpha value is -1.98. The number of halogens is 2. The zero-order valence-electron chi connectivity index (χ0n) is 11.9. The monoisotopic (exact) mass is 299 g/mol. The van der Waals surface area contributed by atoms with Crippen LogP contribution in [0.3, 0.4) is 0 Å². The van der Waals surface area contributed by atoms with Gasteiger partial charge in [0.15, 0.2) is 0 Å². The van der Waals surface area contributed by atoms with Gasteiger partial charge in [0.25, 0.3) is 0 Å². The second-order valence-corrected chi connectivity index (χ2v) is 4.84. The van der Waals surface area contributed by atoms with E-state index < -0.39 is 29.6 Å². The highest BCUT2D eigenvalue weighted by atomic mass is 19.1. The molecule has 1 atom stereocenters. The SMILES string of the molecule is CCCC(NC(=O)CCCc1cc(F)ccc1F)C(=O)O. The third kappa shape index (κ3) is 5.89. The average molecular weight is 299 g/mol. The Morgan fingerprint density at radius 3 is 2.67 bits per heavy atom. The van der Waals surface area contributed by atoms with E-state index in [9.17, 15) is 18.4 Å². The molecule has 0 aliphatic carbocycles. The Balaban J connectivity index is 2.42. The van der Waals surface area contributed by atoms with E-state index in [4.69, 9.17) is 5.11 Å². The van der Waals surface area contributed by atoms with Crippen molar-refractivity contribution in [1.82, 2.24) is 5.32 Å². The molecular weight excluding hydrogens is 280 g/mol. The number of aryl methyl sites for hydroxylation is 1. The Kier molecular flexibility index (Phi) is 6.78. The van der Waals surface area contributed by atoms with Crippen molar-refractivity contribution in [3.63, 3.8) is 0 Å². The van der Waals surface area contributed by atoms with E-state index in [0.29, 0.717) is 19.3 Å². The summed E-state index contributed by atoms with van der Waals surface area (Å²) in [6.45, 7) is 1.83. The molecule has 0 aliphatic rings. The van der Waals surface area contributed by atoms with E-state index in [1.54, 1.807) is 0 Å². The molecule has 2 N–H and O–H groups in total. The molecule has 0 saturated heterocycles. The van der Waals surface area contributed by atoms with Gasteiger partial charge in [0.05, 0.1) is 0 Å². The Labute approximate surface area is 122 Å². The van der Waals surface area contributed by atoms with E-state index in [-0.39, 0.29) is 18.4 Å². The fraction of sp³-hybridized carbons (Fsp3) is 0.467. The van der Waals surface area contributed by atoms with Crippen molar-refractivity contribution >= 4 is 11.9 Å². The summed E-state index contributed by atoms with van der Waals surface area (Å²) in [7, 11) is 0. The van der Waals surface area contributed by atoms with Crippen molar-refractivity contribution in [3.05, 3.63) is 35.4 Å². The molecule has 1 rings (SSSR count). The van der Waals surface area contributed by atoms with Crippen LogP contribution in [0, 0.1) is 11.6 Å². The lowest BCUT2D eigenvalue weighted by Crippen LogP contribution is -2.40. The van der Waals surface area contributed by atoms with Gasteiger partial charge in [-0.1, -0.05) is 13.3 Å². The Bertz CT molecular complexity index is 506. The molecule has 0 aromatic heterocycles. The zero-order chi connectivity index (χ0) is 15.8. The summed E-state index contributed by atoms with van der Waals surface area (Å²) in [5, 5.41) is 11.3. The first-order valence-electron chi connectivity index (χ1n) is 6.90. The lowest BCUT2D eigenvalue weighted by Gasteiger charge is -2.13. The fourth-order valence-corrected chi connectivity index (χ4v) is 1.99. The Morgan fingerprint density at radius 2 is 2.05 bits per heavy atom. The van der Waals surface area contributed by atoms with Crippen LogP contribution in [-0.4, -0.2) is 23.0 Å². The normalized spacial score (nSPS) is 12.0. The number of hydrogen-bond donors (Lipinski definition) is 2. The molecule has 0 bridgehead atoms. The lowest BCUT2D eigenvalue weighted by molar-refractivity contribution is -0.142. The number of carbonyl (C=O) groups excluding carboxylic acids is 1. The van der Waals surface area contributed by atoms with Gasteiger partial charge < -0.3 is 10.4 Å². The van der Waals surface area contributed by atoms with Gasteiger partial charge in [-0.15, -0.1) is 0 Å². The molecule has 4 nitrogen and oxygen atoms in total. The molecule has 116 valence electrons. The van der Waals surface area contributed by atoms with Crippen molar-refractivity contribution in [2.75, 3.05) is 0 Å². The Morgan fingerprint density at radius 1 is 1.33 bits per heavy atom. The summed E-state index contributed by atoms with van der Waals surface area (Å²) in [6, 6.07) is 2.29. The molecule has 0 fully saturated rings. The minimum absolute atomic E-state index is 0.0729. The number of rotatable bonds is 8. The van der Waals surface area contributed by atoms with Crippen molar-refractivity contribution in [2.45, 2.75) is 45.1 Å². The maximum absolute atomic E-state index is 13.4. The van der Waals surface area contributed by atoms with E-state index in [1.165, 1.54) is 0 Å². The van der Waals surface area contributed by atoms with E-state index >= 15 is 0 Å². The summed E-state index contributed by atoms with van der Waals surface area (Å²) < 4.78 is 26.3. The molecule has 6 heteroatoms. The molecule has 21 heavy (non-hydrogen) atoms. The molecule has 0 saturated carbocycles. The number of carboxylic acids is 1. The molecule has 1 aromatic rings. The van der Waals surface area contributed by atoms with Crippen molar-refractivity contribution in [2.24, 2.45) is 0 Å². The minimum Gasteiger partial charge on any atom is -0.480 e. The van der Waals surface area contributed by atoms with Crippen molar-refractivity contribution in [1.29, 1.82) is 0 Å². The molecule has 1 unspecified atom stereocenters. The number of aliphatic carboxylic acids is 1. The van der Waals surface area contributed by atoms with Crippen LogP contribution in [0.4, 0.5) is 8.78 Å². The van der Waals surface area contributed by atoms with E-state index in [1.807, 2.05) is 6.92 Å². The molecular formula is C15H19F2NO3. The predicted molar refractivity (Wildman–Crippen MR) is 73.8 cm³/mol. The second kappa shape index (κ2) is 8.34. The fourth-order valence-electron chi connectivity index (χ4n) is 1.99. The number of benzene rings is 1. The maximum atomic E-state index is 13.4. The number of carbonyl (C=O) groups is 2. The van der Waals surface area contributed by atoms with Gasteiger partial charge >= 0.3 is 5.97 Å². The number of amides is 1. The third-order valence-corrected chi connectivity index (χ3v) is 3.07. The first-order valence-corrected chi connectivity index (χ1v) is 6.90. The summed E-state index contributed by atoms with van der Waals surface area (Å²) >= 11 is 0. The van der Waals surface area contributed by atoms with Crippen LogP contribution in [0.15, 0.2) is 18.2 Å². The van der Waals surface area contributed by atoms with Crippen LogP contribution in [0.1, 0.15) is 38.2 Å². The van der Waals surface area contributed by atoms with Crippen LogP contribution in [0.25, 0.3) is 0 Å². The smallest absolute Gasteiger partial charge is 0.326 e. The highest BCUT2D eigenvalue weighted by Crippen LogP contribution is 2.12. The molecule has 0 spiro atoms. The topological polar surface area (TPSA) is 66.4 Å². The van der Waals surface area contributed by atoms with Gasteiger partial charge in [-0.05, 0) is 43.0 Å². The minimum atomic E-state index is -1.07. The third-order valence-electron chi connectivity index (χ3n) is 3.07. The van der Waals surface area contributed by atoms with Crippen LogP contribution in [-0.2, 0) is 16.0 Å². The van der Waals surface area contributed by atoms with Gasteiger partial charge in [0.2, 0.25) is 5.91 Å². The molecule has 0 radical (unpaired) electrons. The zero-order valence-corrected chi connectivity index (χ0v) is 11.9. The standard InChI is InChI=1S/C15H19F2NO3/c1-2-4-13(15(20)21)18-14(19)6-3-5-10-9-11(16)7-8-12(10)17/h7-9,13H,2-6H2,1H3,(H,18,19)(H,20,21). The first kappa shape index (κ1) is 17.1. The summed E-state index contributed by atoms with van der Waals surface area (Å²) in [5.74, 6) is -2.50. The summed E-state index contributed by atoms with van der Waals surface area (Å²) in [5.41, 5.74) is 0.214. The summed E-state index contributed by atoms with van der Waals surface area (Å²) in [4.78, 5) is 22.5. The lowest BCUT2D eigenvalue weighted by atomic mass is 10.1.